The highest BCUT2D eigenvalue weighted by atomic mass is 16.3. The highest BCUT2D eigenvalue weighted by Gasteiger charge is 2.32. The fourth-order valence-electron chi connectivity index (χ4n) is 3.46. The van der Waals surface area contributed by atoms with Crippen molar-refractivity contribution in [1.82, 2.24) is 15.1 Å². The lowest BCUT2D eigenvalue weighted by Gasteiger charge is -2.40. The first-order chi connectivity index (χ1) is 11.8. The van der Waals surface area contributed by atoms with Crippen LogP contribution in [0.15, 0.2) is 24.3 Å². The molecule has 25 heavy (non-hydrogen) atoms. The summed E-state index contributed by atoms with van der Waals surface area (Å²) >= 11 is 0. The van der Waals surface area contributed by atoms with Crippen molar-refractivity contribution < 1.29 is 9.90 Å². The number of benzene rings is 1. The Labute approximate surface area is 151 Å². The number of amides is 1. The van der Waals surface area contributed by atoms with Crippen LogP contribution in [0.25, 0.3) is 0 Å². The summed E-state index contributed by atoms with van der Waals surface area (Å²) in [4.78, 5) is 16.7. The number of β-amino-alcohol motifs (C(OH)–C–C–N with tert-alkyl or cyclic N) is 1. The molecule has 1 amide bonds. The van der Waals surface area contributed by atoms with Crippen LogP contribution in [-0.4, -0.2) is 65.6 Å². The summed E-state index contributed by atoms with van der Waals surface area (Å²) in [5.41, 5.74) is 1.30. The summed E-state index contributed by atoms with van der Waals surface area (Å²) in [5, 5.41) is 14.0. The van der Waals surface area contributed by atoms with Crippen molar-refractivity contribution in [1.29, 1.82) is 0 Å². The number of carbonyl (C=O) groups excluding carboxylic acids is 1. The predicted molar refractivity (Wildman–Crippen MR) is 99.4 cm³/mol. The van der Waals surface area contributed by atoms with Gasteiger partial charge in [-0.3, -0.25) is 14.6 Å². The van der Waals surface area contributed by atoms with Crippen molar-refractivity contribution in [3.05, 3.63) is 35.4 Å². The SMILES string of the molecule is Cc1ccc([C@](C)(O)CN2CCN([C@H](C)C(=O)NC3CC3)CC2)cc1. The van der Waals surface area contributed by atoms with Gasteiger partial charge in [-0.1, -0.05) is 29.8 Å². The van der Waals surface area contributed by atoms with E-state index in [2.05, 4.69) is 22.0 Å². The lowest BCUT2D eigenvalue weighted by atomic mass is 9.94. The van der Waals surface area contributed by atoms with Gasteiger partial charge in [-0.2, -0.15) is 0 Å². The van der Waals surface area contributed by atoms with Gasteiger partial charge in [0, 0.05) is 38.8 Å². The summed E-state index contributed by atoms with van der Waals surface area (Å²) in [5.74, 6) is 0.155. The first-order valence-corrected chi connectivity index (χ1v) is 9.41. The molecular weight excluding hydrogens is 314 g/mol. The van der Waals surface area contributed by atoms with E-state index >= 15 is 0 Å². The van der Waals surface area contributed by atoms with Gasteiger partial charge < -0.3 is 10.4 Å². The molecule has 0 bridgehead atoms. The smallest absolute Gasteiger partial charge is 0.237 e. The summed E-state index contributed by atoms with van der Waals surface area (Å²) in [6.07, 6.45) is 2.25. The van der Waals surface area contributed by atoms with E-state index in [1.165, 1.54) is 5.56 Å². The van der Waals surface area contributed by atoms with Crippen LogP contribution in [0.2, 0.25) is 0 Å². The number of nitrogens with one attached hydrogen (secondary N) is 1. The number of aryl methyl sites for hydroxylation is 1. The number of piperazine rings is 1. The van der Waals surface area contributed by atoms with Crippen LogP contribution < -0.4 is 5.32 Å². The van der Waals surface area contributed by atoms with E-state index < -0.39 is 5.60 Å². The van der Waals surface area contributed by atoms with Gasteiger partial charge in [0.1, 0.15) is 0 Å². The monoisotopic (exact) mass is 345 g/mol. The standard InChI is InChI=1S/C20H31N3O2/c1-15-4-6-17(7-5-15)20(3,25)14-22-10-12-23(13-11-22)16(2)19(24)21-18-8-9-18/h4-7,16,18,25H,8-14H2,1-3H3,(H,21,24)/t16-,20-/m1/s1. The molecule has 2 N–H and O–H groups in total. The molecule has 2 atom stereocenters. The van der Waals surface area contributed by atoms with Crippen molar-refractivity contribution >= 4 is 5.91 Å². The topological polar surface area (TPSA) is 55.8 Å². The van der Waals surface area contributed by atoms with Crippen molar-refractivity contribution in [3.63, 3.8) is 0 Å². The van der Waals surface area contributed by atoms with Gasteiger partial charge in [-0.15, -0.1) is 0 Å². The average Bonchev–Trinajstić information content (AvgIpc) is 3.39. The van der Waals surface area contributed by atoms with Crippen LogP contribution in [0.4, 0.5) is 0 Å². The van der Waals surface area contributed by atoms with Crippen molar-refractivity contribution in [2.75, 3.05) is 32.7 Å². The molecule has 0 spiro atoms. The number of hydrogen-bond acceptors (Lipinski definition) is 4. The minimum atomic E-state index is -0.856. The third-order valence-electron chi connectivity index (χ3n) is 5.46. The Morgan fingerprint density at radius 2 is 1.84 bits per heavy atom. The molecule has 1 saturated carbocycles. The molecule has 5 nitrogen and oxygen atoms in total. The molecule has 0 unspecified atom stereocenters. The molecule has 2 fully saturated rings. The van der Waals surface area contributed by atoms with E-state index in [1.54, 1.807) is 0 Å². The molecule has 1 saturated heterocycles. The third kappa shape index (κ3) is 4.81. The second kappa shape index (κ2) is 7.44. The predicted octanol–water partition coefficient (Wildman–Crippen LogP) is 1.49. The van der Waals surface area contributed by atoms with E-state index in [0.717, 1.165) is 44.6 Å². The van der Waals surface area contributed by atoms with E-state index in [1.807, 2.05) is 38.1 Å². The number of nitrogens with zero attached hydrogens (tertiary/aromatic N) is 2. The van der Waals surface area contributed by atoms with Crippen molar-refractivity contribution in [2.24, 2.45) is 0 Å². The Hall–Kier alpha value is -1.43. The molecule has 1 aromatic rings. The third-order valence-corrected chi connectivity index (χ3v) is 5.46. The van der Waals surface area contributed by atoms with Gasteiger partial charge in [0.2, 0.25) is 5.91 Å². The quantitative estimate of drug-likeness (QED) is 0.820. The molecule has 138 valence electrons. The van der Waals surface area contributed by atoms with Crippen molar-refractivity contribution in [2.45, 2.75) is 51.3 Å². The van der Waals surface area contributed by atoms with Crippen LogP contribution in [0.1, 0.15) is 37.8 Å². The molecule has 1 heterocycles. The van der Waals surface area contributed by atoms with Gasteiger partial charge in [0.25, 0.3) is 0 Å². The summed E-state index contributed by atoms with van der Waals surface area (Å²) in [7, 11) is 0. The molecule has 5 heteroatoms. The number of hydrogen-bond donors (Lipinski definition) is 2. The Morgan fingerprint density at radius 3 is 2.40 bits per heavy atom. The molecule has 1 aliphatic carbocycles. The summed E-state index contributed by atoms with van der Waals surface area (Å²) in [6.45, 7) is 10.0. The fraction of sp³-hybridized carbons (Fsp3) is 0.650. The van der Waals surface area contributed by atoms with E-state index in [9.17, 15) is 9.90 Å². The van der Waals surface area contributed by atoms with E-state index in [4.69, 9.17) is 0 Å². The van der Waals surface area contributed by atoms with Crippen molar-refractivity contribution in [3.8, 4) is 0 Å². The molecule has 1 aromatic carbocycles. The van der Waals surface area contributed by atoms with Crippen LogP contribution in [0.5, 0.6) is 0 Å². The fourth-order valence-corrected chi connectivity index (χ4v) is 3.46. The minimum Gasteiger partial charge on any atom is -0.384 e. The van der Waals surface area contributed by atoms with Crippen LogP contribution in [0, 0.1) is 6.92 Å². The van der Waals surface area contributed by atoms with Gasteiger partial charge in [-0.25, -0.2) is 0 Å². The van der Waals surface area contributed by atoms with Crippen LogP contribution >= 0.6 is 0 Å². The number of aliphatic hydroxyl groups is 1. The zero-order valence-corrected chi connectivity index (χ0v) is 15.7. The Balaban J connectivity index is 1.49. The zero-order chi connectivity index (χ0) is 18.0. The number of rotatable bonds is 6. The zero-order valence-electron chi connectivity index (χ0n) is 15.7. The van der Waals surface area contributed by atoms with Gasteiger partial charge in [-0.05, 0) is 39.2 Å². The molecule has 1 aliphatic heterocycles. The summed E-state index contributed by atoms with van der Waals surface area (Å²) in [6, 6.07) is 8.46. The Bertz CT molecular complexity index is 587. The first kappa shape index (κ1) is 18.4. The first-order valence-electron chi connectivity index (χ1n) is 9.41. The van der Waals surface area contributed by atoms with Gasteiger partial charge in [0.05, 0.1) is 11.6 Å². The molecule has 0 aromatic heterocycles. The lowest BCUT2D eigenvalue weighted by Crippen LogP contribution is -2.55. The summed E-state index contributed by atoms with van der Waals surface area (Å²) < 4.78 is 0. The minimum absolute atomic E-state index is 0.0691. The second-order valence-corrected chi connectivity index (χ2v) is 7.91. The molecule has 3 rings (SSSR count). The van der Waals surface area contributed by atoms with Gasteiger partial charge in [0.15, 0.2) is 0 Å². The number of carbonyl (C=O) groups is 1. The molecule has 2 aliphatic rings. The highest BCUT2D eigenvalue weighted by molar-refractivity contribution is 5.81. The Morgan fingerprint density at radius 1 is 1.24 bits per heavy atom. The maximum atomic E-state index is 12.2. The Kier molecular flexibility index (Phi) is 5.46. The maximum Gasteiger partial charge on any atom is 0.237 e. The second-order valence-electron chi connectivity index (χ2n) is 7.91. The molecule has 0 radical (unpaired) electrons. The van der Waals surface area contributed by atoms with E-state index in [0.29, 0.717) is 12.6 Å². The average molecular weight is 345 g/mol. The van der Waals surface area contributed by atoms with Gasteiger partial charge >= 0.3 is 0 Å². The maximum absolute atomic E-state index is 12.2. The van der Waals surface area contributed by atoms with E-state index in [-0.39, 0.29) is 11.9 Å². The molecular formula is C20H31N3O2. The normalized spacial score (nSPS) is 23.0. The van der Waals surface area contributed by atoms with Crippen LogP contribution in [-0.2, 0) is 10.4 Å². The highest BCUT2D eigenvalue weighted by Crippen LogP contribution is 2.23. The van der Waals surface area contributed by atoms with Crippen LogP contribution in [0.3, 0.4) is 0 Å². The lowest BCUT2D eigenvalue weighted by molar-refractivity contribution is -0.127. The largest absolute Gasteiger partial charge is 0.384 e.